The Morgan fingerprint density at radius 2 is 1.93 bits per heavy atom. The van der Waals surface area contributed by atoms with Crippen molar-refractivity contribution in [1.82, 2.24) is 20.2 Å². The number of carbonyl (C=O) groups excluding carboxylic acids is 1. The third-order valence-corrected chi connectivity index (χ3v) is 4.56. The van der Waals surface area contributed by atoms with Crippen LogP contribution in [-0.2, 0) is 17.8 Å². The van der Waals surface area contributed by atoms with Crippen molar-refractivity contribution in [3.63, 3.8) is 0 Å². The molecule has 8 nitrogen and oxygen atoms in total. The first-order chi connectivity index (χ1) is 13.2. The van der Waals surface area contributed by atoms with Crippen molar-refractivity contribution in [2.75, 3.05) is 25.7 Å². The molecule has 0 aliphatic carbocycles. The van der Waals surface area contributed by atoms with Crippen LogP contribution in [-0.4, -0.2) is 46.9 Å². The van der Waals surface area contributed by atoms with Crippen molar-refractivity contribution in [3.8, 4) is 22.9 Å². The molecule has 27 heavy (non-hydrogen) atoms. The van der Waals surface area contributed by atoms with E-state index in [4.69, 9.17) is 9.47 Å². The Hall–Kier alpha value is -3.42. The van der Waals surface area contributed by atoms with Crippen LogP contribution in [0.4, 0.5) is 5.69 Å². The quantitative estimate of drug-likeness (QED) is 0.687. The topological polar surface area (TPSA) is 82.4 Å². The standard InChI is InChI=1S/C19H19N5O3/c1-26-16-8-7-14(11-17(16)27-2)19-20-22-24(21-19)12-18(25)23-10-9-13-5-3-4-6-15(13)23/h3-8,11H,9-10,12H2,1-2H3. The van der Waals surface area contributed by atoms with Crippen molar-refractivity contribution < 1.29 is 14.3 Å². The number of para-hydroxylation sites is 1. The number of hydrogen-bond donors (Lipinski definition) is 0. The summed E-state index contributed by atoms with van der Waals surface area (Å²) in [5.41, 5.74) is 2.88. The zero-order valence-electron chi connectivity index (χ0n) is 15.1. The number of ether oxygens (including phenoxy) is 2. The van der Waals surface area contributed by atoms with Gasteiger partial charge in [0, 0.05) is 17.8 Å². The van der Waals surface area contributed by atoms with Gasteiger partial charge in [-0.25, -0.2) is 0 Å². The van der Waals surface area contributed by atoms with Crippen LogP contribution in [0.5, 0.6) is 11.5 Å². The molecule has 1 aliphatic rings. The van der Waals surface area contributed by atoms with Gasteiger partial charge in [-0.05, 0) is 41.5 Å². The van der Waals surface area contributed by atoms with Gasteiger partial charge in [0.1, 0.15) is 6.54 Å². The molecule has 2 heterocycles. The summed E-state index contributed by atoms with van der Waals surface area (Å²) in [6, 6.07) is 13.3. The Bertz CT molecular complexity index is 985. The zero-order chi connectivity index (χ0) is 18.8. The minimum Gasteiger partial charge on any atom is -0.493 e. The number of nitrogens with zero attached hydrogens (tertiary/aromatic N) is 5. The summed E-state index contributed by atoms with van der Waals surface area (Å²) in [4.78, 5) is 15.8. The van der Waals surface area contributed by atoms with E-state index in [0.717, 1.165) is 17.7 Å². The molecular weight excluding hydrogens is 346 g/mol. The number of anilines is 1. The second-order valence-electron chi connectivity index (χ2n) is 6.14. The van der Waals surface area contributed by atoms with Gasteiger partial charge in [-0.1, -0.05) is 18.2 Å². The number of aromatic nitrogens is 4. The van der Waals surface area contributed by atoms with Crippen LogP contribution in [0.25, 0.3) is 11.4 Å². The van der Waals surface area contributed by atoms with Gasteiger partial charge in [0.25, 0.3) is 5.91 Å². The molecule has 0 bridgehead atoms. The molecule has 0 unspecified atom stereocenters. The van der Waals surface area contributed by atoms with Crippen LogP contribution in [0.2, 0.25) is 0 Å². The summed E-state index contributed by atoms with van der Waals surface area (Å²) >= 11 is 0. The highest BCUT2D eigenvalue weighted by Gasteiger charge is 2.25. The molecule has 138 valence electrons. The van der Waals surface area contributed by atoms with Crippen LogP contribution < -0.4 is 14.4 Å². The van der Waals surface area contributed by atoms with Crippen LogP contribution in [0, 0.1) is 0 Å². The molecule has 0 saturated carbocycles. The molecular formula is C19H19N5O3. The number of fused-ring (bicyclic) bond motifs is 1. The van der Waals surface area contributed by atoms with Crippen LogP contribution >= 0.6 is 0 Å². The van der Waals surface area contributed by atoms with E-state index in [9.17, 15) is 4.79 Å². The second-order valence-corrected chi connectivity index (χ2v) is 6.14. The van der Waals surface area contributed by atoms with Gasteiger partial charge in [0.2, 0.25) is 5.82 Å². The highest BCUT2D eigenvalue weighted by Crippen LogP contribution is 2.31. The second kappa shape index (κ2) is 7.06. The molecule has 0 saturated heterocycles. The molecule has 0 fully saturated rings. The van der Waals surface area contributed by atoms with Gasteiger partial charge in [-0.15, -0.1) is 10.2 Å². The first-order valence-electron chi connectivity index (χ1n) is 8.58. The molecule has 0 atom stereocenters. The van der Waals surface area contributed by atoms with E-state index in [2.05, 4.69) is 15.4 Å². The first kappa shape index (κ1) is 17.0. The maximum atomic E-state index is 12.7. The molecule has 1 amide bonds. The normalized spacial score (nSPS) is 12.7. The number of rotatable bonds is 5. The Balaban J connectivity index is 1.51. The van der Waals surface area contributed by atoms with Crippen molar-refractivity contribution in [2.45, 2.75) is 13.0 Å². The average molecular weight is 365 g/mol. The number of tetrazole rings is 1. The van der Waals surface area contributed by atoms with E-state index < -0.39 is 0 Å². The Labute approximate surface area is 156 Å². The minimum atomic E-state index is -0.0591. The van der Waals surface area contributed by atoms with Gasteiger partial charge in [0.15, 0.2) is 11.5 Å². The van der Waals surface area contributed by atoms with Gasteiger partial charge < -0.3 is 14.4 Å². The largest absolute Gasteiger partial charge is 0.493 e. The smallest absolute Gasteiger partial charge is 0.250 e. The fraction of sp³-hybridized carbons (Fsp3) is 0.263. The summed E-state index contributed by atoms with van der Waals surface area (Å²) in [7, 11) is 3.15. The molecule has 8 heteroatoms. The fourth-order valence-corrected chi connectivity index (χ4v) is 3.20. The summed E-state index contributed by atoms with van der Waals surface area (Å²) in [6.45, 7) is 0.712. The highest BCUT2D eigenvalue weighted by molar-refractivity contribution is 5.95. The van der Waals surface area contributed by atoms with Crippen molar-refractivity contribution in [2.24, 2.45) is 0 Å². The maximum absolute atomic E-state index is 12.7. The van der Waals surface area contributed by atoms with E-state index in [1.807, 2.05) is 30.3 Å². The van der Waals surface area contributed by atoms with E-state index in [-0.39, 0.29) is 12.5 Å². The summed E-state index contributed by atoms with van der Waals surface area (Å²) in [5, 5.41) is 12.4. The van der Waals surface area contributed by atoms with Crippen LogP contribution in [0.1, 0.15) is 5.56 Å². The lowest BCUT2D eigenvalue weighted by atomic mass is 10.2. The Kier molecular flexibility index (Phi) is 4.45. The predicted molar refractivity (Wildman–Crippen MR) is 98.9 cm³/mol. The first-order valence-corrected chi connectivity index (χ1v) is 8.58. The lowest BCUT2D eigenvalue weighted by Gasteiger charge is -2.16. The third kappa shape index (κ3) is 3.21. The number of carbonyl (C=O) groups is 1. The number of benzene rings is 2. The molecule has 0 radical (unpaired) electrons. The Morgan fingerprint density at radius 3 is 2.74 bits per heavy atom. The lowest BCUT2D eigenvalue weighted by molar-refractivity contribution is -0.119. The van der Waals surface area contributed by atoms with E-state index in [0.29, 0.717) is 23.9 Å². The van der Waals surface area contributed by atoms with Crippen molar-refractivity contribution >= 4 is 11.6 Å². The maximum Gasteiger partial charge on any atom is 0.250 e. The van der Waals surface area contributed by atoms with Gasteiger partial charge in [-0.3, -0.25) is 4.79 Å². The van der Waals surface area contributed by atoms with E-state index in [1.54, 1.807) is 31.3 Å². The van der Waals surface area contributed by atoms with E-state index >= 15 is 0 Å². The molecule has 1 aromatic heterocycles. The predicted octanol–water partition coefficient (Wildman–Crippen LogP) is 1.95. The van der Waals surface area contributed by atoms with Crippen LogP contribution in [0.15, 0.2) is 42.5 Å². The van der Waals surface area contributed by atoms with Gasteiger partial charge in [-0.2, -0.15) is 4.80 Å². The van der Waals surface area contributed by atoms with E-state index in [1.165, 1.54) is 10.4 Å². The monoisotopic (exact) mass is 365 g/mol. The highest BCUT2D eigenvalue weighted by atomic mass is 16.5. The fourth-order valence-electron chi connectivity index (χ4n) is 3.20. The van der Waals surface area contributed by atoms with Crippen molar-refractivity contribution in [1.29, 1.82) is 0 Å². The number of hydrogen-bond acceptors (Lipinski definition) is 6. The molecule has 0 N–H and O–H groups in total. The zero-order valence-corrected chi connectivity index (χ0v) is 15.1. The number of amides is 1. The Morgan fingerprint density at radius 1 is 1.11 bits per heavy atom. The average Bonchev–Trinajstić information content (AvgIpc) is 3.34. The number of methoxy groups -OCH3 is 2. The lowest BCUT2D eigenvalue weighted by Crippen LogP contribution is -2.32. The molecule has 0 spiro atoms. The molecule has 2 aromatic carbocycles. The minimum absolute atomic E-state index is 0.0363. The molecule has 1 aliphatic heterocycles. The summed E-state index contributed by atoms with van der Waals surface area (Å²) < 4.78 is 10.5. The third-order valence-electron chi connectivity index (χ3n) is 4.56. The molecule has 3 aromatic rings. The van der Waals surface area contributed by atoms with Gasteiger partial charge in [0.05, 0.1) is 14.2 Å². The van der Waals surface area contributed by atoms with Crippen molar-refractivity contribution in [3.05, 3.63) is 48.0 Å². The van der Waals surface area contributed by atoms with Gasteiger partial charge >= 0.3 is 0 Å². The molecule has 4 rings (SSSR count). The SMILES string of the molecule is COc1ccc(-c2nnn(CC(=O)N3CCc4ccccc43)n2)cc1OC. The summed E-state index contributed by atoms with van der Waals surface area (Å²) in [5.74, 6) is 1.56. The van der Waals surface area contributed by atoms with Crippen LogP contribution in [0.3, 0.4) is 0 Å². The summed E-state index contributed by atoms with van der Waals surface area (Å²) in [6.07, 6.45) is 0.865.